The molecular weight excluding hydrogens is 753 g/mol. The minimum Gasteiger partial charge on any atom is -0.367 e. The molecular formula is C47H47F4N8+. The van der Waals surface area contributed by atoms with Crippen molar-refractivity contribution in [2.75, 3.05) is 37.6 Å². The summed E-state index contributed by atoms with van der Waals surface area (Å²) < 4.78 is 66.9. The lowest BCUT2D eigenvalue weighted by Crippen LogP contribution is -2.44. The first-order chi connectivity index (χ1) is 28.8. The largest absolute Gasteiger partial charge is 0.367 e. The van der Waals surface area contributed by atoms with Crippen LogP contribution in [0.25, 0.3) is 32.8 Å². The molecule has 7 aromatic rings. The van der Waals surface area contributed by atoms with Crippen LogP contribution in [-0.2, 0) is 0 Å². The highest BCUT2D eigenvalue weighted by Gasteiger charge is 2.50. The van der Waals surface area contributed by atoms with Gasteiger partial charge in [-0.25, -0.2) is 32.0 Å². The number of aromatic amines is 2. The molecule has 11 rings (SSSR count). The molecule has 4 saturated heterocycles. The Morgan fingerprint density at radius 3 is 1.92 bits per heavy atom. The van der Waals surface area contributed by atoms with E-state index in [1.54, 1.807) is 17.0 Å². The van der Waals surface area contributed by atoms with Crippen LogP contribution in [-0.4, -0.2) is 52.7 Å². The van der Waals surface area contributed by atoms with E-state index in [1.807, 2.05) is 12.1 Å². The zero-order valence-corrected chi connectivity index (χ0v) is 32.8. The van der Waals surface area contributed by atoms with Gasteiger partial charge in [-0.15, -0.1) is 0 Å². The minimum atomic E-state index is -0.705. The summed E-state index contributed by atoms with van der Waals surface area (Å²) in [5, 5.41) is 9.27. The van der Waals surface area contributed by atoms with Crippen LogP contribution in [0.15, 0.2) is 78.9 Å². The van der Waals surface area contributed by atoms with Gasteiger partial charge in [-0.05, 0) is 79.9 Å². The van der Waals surface area contributed by atoms with E-state index >= 15 is 17.6 Å². The highest BCUT2D eigenvalue weighted by Crippen LogP contribution is 2.53. The molecule has 0 radical (unpaired) electrons. The van der Waals surface area contributed by atoms with Crippen molar-refractivity contribution < 1.29 is 17.6 Å². The molecule has 12 heteroatoms. The van der Waals surface area contributed by atoms with Gasteiger partial charge in [-0.3, -0.25) is 0 Å². The van der Waals surface area contributed by atoms with E-state index in [9.17, 15) is 0 Å². The van der Waals surface area contributed by atoms with Gasteiger partial charge < -0.3 is 25.5 Å². The van der Waals surface area contributed by atoms with Crippen molar-refractivity contribution in [3.05, 3.63) is 125 Å². The van der Waals surface area contributed by atoms with Gasteiger partial charge in [0, 0.05) is 61.8 Å². The van der Waals surface area contributed by atoms with Crippen molar-refractivity contribution in [1.29, 1.82) is 0 Å². The van der Waals surface area contributed by atoms with Crippen molar-refractivity contribution in [3.8, 4) is 0 Å². The third-order valence-electron chi connectivity index (χ3n) is 13.8. The second-order valence-electron chi connectivity index (χ2n) is 17.1. The SMILES string of the molecule is Fc1cc2nc(C3CCCN3)[nH]c2cc1[C@@H]1CCC[N@+]1(c1cc(F)c(N2CCC(c3ccc4ccccc4c3)CC2)c(F)c1)c1cc2[nH]c([C@@H]3CCCN3)nc2cc1F. The molecule has 4 aliphatic rings. The quantitative estimate of drug-likeness (QED) is 0.0953. The van der Waals surface area contributed by atoms with Crippen molar-refractivity contribution >= 4 is 49.9 Å². The summed E-state index contributed by atoms with van der Waals surface area (Å²) in [4.78, 5) is 18.1. The van der Waals surface area contributed by atoms with Crippen molar-refractivity contribution in [2.45, 2.75) is 75.4 Å². The third kappa shape index (κ3) is 6.21. The highest BCUT2D eigenvalue weighted by atomic mass is 19.1. The van der Waals surface area contributed by atoms with Crippen LogP contribution in [0, 0.1) is 23.3 Å². The van der Waals surface area contributed by atoms with Gasteiger partial charge in [0.05, 0.1) is 40.7 Å². The molecule has 8 nitrogen and oxygen atoms in total. The van der Waals surface area contributed by atoms with Gasteiger partial charge in [0.1, 0.15) is 34.9 Å². The number of rotatable bonds is 7. The first-order valence-corrected chi connectivity index (χ1v) is 21.3. The second-order valence-corrected chi connectivity index (χ2v) is 17.1. The molecule has 4 atom stereocenters. The average molecular weight is 800 g/mol. The van der Waals surface area contributed by atoms with E-state index in [-0.39, 0.29) is 39.5 Å². The second kappa shape index (κ2) is 14.5. The summed E-state index contributed by atoms with van der Waals surface area (Å²) in [5.41, 5.74) is 4.26. The number of fused-ring (bicyclic) bond motifs is 3. The van der Waals surface area contributed by atoms with Crippen LogP contribution in [0.2, 0.25) is 0 Å². The maximum Gasteiger partial charge on any atom is 0.186 e. The third-order valence-corrected chi connectivity index (χ3v) is 13.8. The number of piperidine rings is 1. The summed E-state index contributed by atoms with van der Waals surface area (Å²) in [6, 6.07) is 23.3. The Bertz CT molecular complexity index is 2700. The number of H-pyrrole nitrogens is 2. The number of quaternary nitrogens is 1. The Kier molecular flexibility index (Phi) is 9.01. The molecule has 0 spiro atoms. The molecule has 4 aliphatic heterocycles. The minimum absolute atomic E-state index is 0.0320. The molecule has 5 aromatic carbocycles. The fraction of sp³-hybridized carbons (Fsp3) is 0.362. The number of benzene rings is 5. The monoisotopic (exact) mass is 799 g/mol. The van der Waals surface area contributed by atoms with Crippen LogP contribution < -0.4 is 20.0 Å². The molecule has 0 amide bonds. The number of hydrogen-bond donors (Lipinski definition) is 4. The van der Waals surface area contributed by atoms with E-state index in [0.717, 1.165) is 63.3 Å². The Hall–Kier alpha value is -5.30. The fourth-order valence-electron chi connectivity index (χ4n) is 10.9. The van der Waals surface area contributed by atoms with Crippen molar-refractivity contribution in [3.63, 3.8) is 0 Å². The number of hydrogen-bond acceptors (Lipinski definition) is 5. The van der Waals surface area contributed by atoms with Crippen LogP contribution in [0.3, 0.4) is 0 Å². The van der Waals surface area contributed by atoms with Gasteiger partial charge in [0.2, 0.25) is 0 Å². The Balaban J connectivity index is 0.990. The lowest BCUT2D eigenvalue weighted by Gasteiger charge is -2.40. The first kappa shape index (κ1) is 36.8. The summed E-state index contributed by atoms with van der Waals surface area (Å²) in [7, 11) is 0. The van der Waals surface area contributed by atoms with Gasteiger partial charge >= 0.3 is 0 Å². The molecule has 0 bridgehead atoms. The number of nitrogens with one attached hydrogen (secondary N) is 4. The van der Waals surface area contributed by atoms with Crippen molar-refractivity contribution in [2.24, 2.45) is 0 Å². The lowest BCUT2D eigenvalue weighted by molar-refractivity contribution is 0.340. The number of imidazole rings is 2. The molecule has 4 N–H and O–H groups in total. The molecule has 302 valence electrons. The molecule has 6 heterocycles. The Morgan fingerprint density at radius 2 is 1.25 bits per heavy atom. The maximum atomic E-state index is 16.9. The molecule has 59 heavy (non-hydrogen) atoms. The number of halogens is 4. The summed E-state index contributed by atoms with van der Waals surface area (Å²) >= 11 is 0. The zero-order valence-electron chi connectivity index (χ0n) is 32.8. The van der Waals surface area contributed by atoms with E-state index in [2.05, 4.69) is 50.9 Å². The molecule has 1 unspecified atom stereocenters. The standard InChI is InChI=1S/C47H47F4N8/c48-33-24-40-39(54-46(55-40)37-8-3-15-52-37)23-32(33)43-10-5-19-59(43,44-26-42-41(25-34(44)49)56-47(57-42)38-9-4-16-53-38)31-21-35(50)45(36(51)22-31)58-17-13-28(14-18-58)30-12-11-27-6-1-2-7-29(27)20-30/h1-2,6-7,11-12,20-26,28,37-38,43,52-53H,3-5,8-10,13-19H2,(H,54,55)(H,56,57)/q+1/t37?,38-,43-,59+/m0/s1. The van der Waals surface area contributed by atoms with E-state index in [1.165, 1.54) is 40.6 Å². The van der Waals surface area contributed by atoms with E-state index < -0.39 is 29.3 Å². The summed E-state index contributed by atoms with van der Waals surface area (Å²) in [6.07, 6.45) is 6.45. The topological polar surface area (TPSA) is 84.7 Å². The average Bonchev–Trinajstić information content (AvgIpc) is 4.10. The maximum absolute atomic E-state index is 16.9. The van der Waals surface area contributed by atoms with Gasteiger partial charge in [-0.1, -0.05) is 42.5 Å². The smallest absolute Gasteiger partial charge is 0.186 e. The predicted molar refractivity (Wildman–Crippen MR) is 225 cm³/mol. The van der Waals surface area contributed by atoms with Crippen LogP contribution in [0.1, 0.15) is 98.2 Å². The summed E-state index contributed by atoms with van der Waals surface area (Å²) in [6.45, 7) is 3.06. The first-order valence-electron chi connectivity index (χ1n) is 21.3. The number of anilines is 1. The Morgan fingerprint density at radius 1 is 0.610 bits per heavy atom. The summed E-state index contributed by atoms with van der Waals surface area (Å²) in [5.74, 6) is -0.684. The fourth-order valence-corrected chi connectivity index (χ4v) is 10.9. The molecule has 2 aromatic heterocycles. The van der Waals surface area contributed by atoms with Crippen LogP contribution in [0.4, 0.5) is 34.6 Å². The normalized spacial score (nSPS) is 24.1. The molecule has 0 aliphatic carbocycles. The van der Waals surface area contributed by atoms with E-state index in [0.29, 0.717) is 60.1 Å². The van der Waals surface area contributed by atoms with E-state index in [4.69, 9.17) is 9.97 Å². The van der Waals surface area contributed by atoms with Gasteiger partial charge in [0.25, 0.3) is 0 Å². The molecule has 0 saturated carbocycles. The van der Waals surface area contributed by atoms with Gasteiger partial charge in [0.15, 0.2) is 23.1 Å². The zero-order chi connectivity index (χ0) is 39.8. The molecule has 4 fully saturated rings. The lowest BCUT2D eigenvalue weighted by atomic mass is 9.88. The Labute approximate surface area is 339 Å². The predicted octanol–water partition coefficient (Wildman–Crippen LogP) is 10.6. The number of nitrogens with zero attached hydrogens (tertiary/aromatic N) is 4. The van der Waals surface area contributed by atoms with Crippen LogP contribution >= 0.6 is 0 Å². The van der Waals surface area contributed by atoms with Crippen LogP contribution in [0.5, 0.6) is 0 Å². The number of aromatic nitrogens is 4. The van der Waals surface area contributed by atoms with Crippen molar-refractivity contribution in [1.82, 2.24) is 35.1 Å². The van der Waals surface area contributed by atoms with Gasteiger partial charge in [-0.2, -0.15) is 0 Å². The highest BCUT2D eigenvalue weighted by molar-refractivity contribution is 5.84.